The van der Waals surface area contributed by atoms with E-state index in [0.717, 1.165) is 26.2 Å². The van der Waals surface area contributed by atoms with Crippen LogP contribution in [-0.4, -0.2) is 42.2 Å². The molecule has 1 aliphatic heterocycles. The van der Waals surface area contributed by atoms with Crippen molar-refractivity contribution in [3.8, 4) is 0 Å². The standard InChI is InChI=1S/C16H29N3OS/c1-16(2,3)17-8-15-18-14(12-21-15)10-19-7-5-6-13(9-19)11-20-4/h12-13,17H,5-11H2,1-4H3. The molecule has 1 N–H and O–H groups in total. The first-order valence-electron chi connectivity index (χ1n) is 7.86. The molecule has 1 aromatic heterocycles. The monoisotopic (exact) mass is 311 g/mol. The lowest BCUT2D eigenvalue weighted by Gasteiger charge is -2.31. The Labute approximate surface area is 132 Å². The SMILES string of the molecule is COCC1CCCN(Cc2csc(CNC(C)(C)C)n2)C1. The Kier molecular flexibility index (Phi) is 6.17. The molecule has 1 aliphatic rings. The van der Waals surface area contributed by atoms with Crippen LogP contribution in [0, 0.1) is 5.92 Å². The van der Waals surface area contributed by atoms with Crippen LogP contribution >= 0.6 is 11.3 Å². The van der Waals surface area contributed by atoms with E-state index >= 15 is 0 Å². The van der Waals surface area contributed by atoms with Crippen LogP contribution in [0.15, 0.2) is 5.38 Å². The van der Waals surface area contributed by atoms with Crippen LogP contribution in [0.4, 0.5) is 0 Å². The molecule has 4 nitrogen and oxygen atoms in total. The van der Waals surface area contributed by atoms with Gasteiger partial charge in [0.1, 0.15) is 5.01 Å². The molecule has 5 heteroatoms. The van der Waals surface area contributed by atoms with Gasteiger partial charge in [0.15, 0.2) is 0 Å². The summed E-state index contributed by atoms with van der Waals surface area (Å²) in [6, 6.07) is 0. The van der Waals surface area contributed by atoms with Crippen molar-refractivity contribution in [3.05, 3.63) is 16.1 Å². The lowest BCUT2D eigenvalue weighted by atomic mass is 9.99. The van der Waals surface area contributed by atoms with Crippen molar-refractivity contribution in [2.75, 3.05) is 26.8 Å². The second kappa shape index (κ2) is 7.68. The van der Waals surface area contributed by atoms with Gasteiger partial charge in [-0.15, -0.1) is 11.3 Å². The fraction of sp³-hybridized carbons (Fsp3) is 0.812. The first kappa shape index (κ1) is 16.9. The maximum Gasteiger partial charge on any atom is 0.107 e. The third kappa shape index (κ3) is 6.02. The van der Waals surface area contributed by atoms with Gasteiger partial charge in [-0.3, -0.25) is 4.90 Å². The van der Waals surface area contributed by atoms with Crippen LogP contribution in [0.3, 0.4) is 0 Å². The number of piperidine rings is 1. The normalized spacial score (nSPS) is 20.9. The highest BCUT2D eigenvalue weighted by atomic mass is 32.1. The number of thiazole rings is 1. The van der Waals surface area contributed by atoms with Crippen LogP contribution in [0.25, 0.3) is 0 Å². The quantitative estimate of drug-likeness (QED) is 0.876. The second-order valence-corrected chi connectivity index (χ2v) is 7.98. The molecule has 1 unspecified atom stereocenters. The maximum absolute atomic E-state index is 5.30. The van der Waals surface area contributed by atoms with Crippen LogP contribution in [0.5, 0.6) is 0 Å². The first-order valence-corrected chi connectivity index (χ1v) is 8.74. The number of ether oxygens (including phenoxy) is 1. The average Bonchev–Trinajstić information content (AvgIpc) is 2.84. The summed E-state index contributed by atoms with van der Waals surface area (Å²) in [5.74, 6) is 0.685. The molecule has 0 bridgehead atoms. The van der Waals surface area contributed by atoms with Gasteiger partial charge in [0.05, 0.1) is 12.3 Å². The number of rotatable bonds is 6. The molecule has 0 aliphatic carbocycles. The highest BCUT2D eigenvalue weighted by Gasteiger charge is 2.20. The van der Waals surface area contributed by atoms with E-state index in [9.17, 15) is 0 Å². The third-order valence-electron chi connectivity index (χ3n) is 3.76. The van der Waals surface area contributed by atoms with E-state index in [-0.39, 0.29) is 5.54 Å². The number of nitrogens with one attached hydrogen (secondary N) is 1. The second-order valence-electron chi connectivity index (χ2n) is 7.03. The maximum atomic E-state index is 5.30. The van der Waals surface area contributed by atoms with Gasteiger partial charge in [0.2, 0.25) is 0 Å². The van der Waals surface area contributed by atoms with Crippen LogP contribution in [0.2, 0.25) is 0 Å². The summed E-state index contributed by atoms with van der Waals surface area (Å²) in [4.78, 5) is 7.28. The van der Waals surface area contributed by atoms with E-state index in [4.69, 9.17) is 9.72 Å². The van der Waals surface area contributed by atoms with Gasteiger partial charge >= 0.3 is 0 Å². The summed E-state index contributed by atoms with van der Waals surface area (Å²) in [7, 11) is 1.80. The fourth-order valence-corrected chi connectivity index (χ4v) is 3.46. The smallest absolute Gasteiger partial charge is 0.107 e. The number of hydrogen-bond donors (Lipinski definition) is 1. The molecule has 2 rings (SSSR count). The van der Waals surface area contributed by atoms with Crippen molar-refractivity contribution in [2.24, 2.45) is 5.92 Å². The van der Waals surface area contributed by atoms with Crippen molar-refractivity contribution in [1.29, 1.82) is 0 Å². The summed E-state index contributed by atoms with van der Waals surface area (Å²) < 4.78 is 5.30. The Morgan fingerprint density at radius 3 is 3.00 bits per heavy atom. The molecule has 1 atom stereocenters. The molecule has 2 heterocycles. The van der Waals surface area contributed by atoms with Gasteiger partial charge in [0, 0.05) is 37.7 Å². The molecule has 1 aromatic rings. The zero-order valence-corrected chi connectivity index (χ0v) is 14.6. The molecular weight excluding hydrogens is 282 g/mol. The Morgan fingerprint density at radius 2 is 2.29 bits per heavy atom. The van der Waals surface area contributed by atoms with Crippen molar-refractivity contribution in [2.45, 2.75) is 52.2 Å². The summed E-state index contributed by atoms with van der Waals surface area (Å²) >= 11 is 1.76. The van der Waals surface area contributed by atoms with E-state index in [1.807, 2.05) is 0 Å². The van der Waals surface area contributed by atoms with E-state index < -0.39 is 0 Å². The highest BCUT2D eigenvalue weighted by molar-refractivity contribution is 7.09. The Balaban J connectivity index is 1.81. The van der Waals surface area contributed by atoms with E-state index in [2.05, 4.69) is 36.4 Å². The lowest BCUT2D eigenvalue weighted by Crippen LogP contribution is -2.36. The summed E-state index contributed by atoms with van der Waals surface area (Å²) in [6.07, 6.45) is 2.57. The van der Waals surface area contributed by atoms with E-state index in [1.165, 1.54) is 30.1 Å². The molecule has 0 spiro atoms. The van der Waals surface area contributed by atoms with Gasteiger partial charge < -0.3 is 10.1 Å². The Morgan fingerprint density at radius 1 is 1.48 bits per heavy atom. The van der Waals surface area contributed by atoms with E-state index in [1.54, 1.807) is 18.4 Å². The molecule has 0 amide bonds. The average molecular weight is 311 g/mol. The molecule has 0 radical (unpaired) electrons. The number of aromatic nitrogens is 1. The highest BCUT2D eigenvalue weighted by Crippen LogP contribution is 2.20. The summed E-state index contributed by atoms with van der Waals surface area (Å²) in [6.45, 7) is 11.6. The van der Waals surface area contributed by atoms with Crippen molar-refractivity contribution >= 4 is 11.3 Å². The topological polar surface area (TPSA) is 37.4 Å². The number of hydrogen-bond acceptors (Lipinski definition) is 5. The van der Waals surface area contributed by atoms with Gasteiger partial charge in [-0.2, -0.15) is 0 Å². The predicted octanol–water partition coefficient (Wildman–Crippen LogP) is 2.89. The summed E-state index contributed by atoms with van der Waals surface area (Å²) in [5.41, 5.74) is 1.36. The summed E-state index contributed by atoms with van der Waals surface area (Å²) in [5, 5.41) is 6.89. The van der Waals surface area contributed by atoms with Crippen molar-refractivity contribution in [1.82, 2.24) is 15.2 Å². The molecule has 1 saturated heterocycles. The van der Waals surface area contributed by atoms with Crippen molar-refractivity contribution < 1.29 is 4.74 Å². The molecular formula is C16H29N3OS. The largest absolute Gasteiger partial charge is 0.384 e. The number of likely N-dealkylation sites (tertiary alicyclic amines) is 1. The van der Waals surface area contributed by atoms with Crippen molar-refractivity contribution in [3.63, 3.8) is 0 Å². The minimum Gasteiger partial charge on any atom is -0.384 e. The van der Waals surface area contributed by atoms with Gasteiger partial charge in [-0.05, 0) is 46.1 Å². The minimum absolute atomic E-state index is 0.145. The molecule has 1 fully saturated rings. The predicted molar refractivity (Wildman–Crippen MR) is 88.6 cm³/mol. The van der Waals surface area contributed by atoms with Crippen LogP contribution in [-0.2, 0) is 17.8 Å². The van der Waals surface area contributed by atoms with E-state index in [0.29, 0.717) is 5.92 Å². The fourth-order valence-electron chi connectivity index (χ4n) is 2.74. The lowest BCUT2D eigenvalue weighted by molar-refractivity contribution is 0.0868. The molecule has 120 valence electrons. The first-order chi connectivity index (χ1) is 9.96. The minimum atomic E-state index is 0.145. The Hall–Kier alpha value is -0.490. The molecule has 21 heavy (non-hydrogen) atoms. The number of methoxy groups -OCH3 is 1. The third-order valence-corrected chi connectivity index (χ3v) is 4.66. The van der Waals surface area contributed by atoms with Gasteiger partial charge in [-0.1, -0.05) is 0 Å². The zero-order valence-electron chi connectivity index (χ0n) is 13.8. The number of nitrogens with zero attached hydrogens (tertiary/aromatic N) is 2. The molecule has 0 aromatic carbocycles. The van der Waals surface area contributed by atoms with Gasteiger partial charge in [0.25, 0.3) is 0 Å². The zero-order chi connectivity index (χ0) is 15.3. The Bertz CT molecular complexity index is 425. The molecule has 0 saturated carbocycles. The van der Waals surface area contributed by atoms with Crippen LogP contribution in [0.1, 0.15) is 44.3 Å². The van der Waals surface area contributed by atoms with Gasteiger partial charge in [-0.25, -0.2) is 4.98 Å². The van der Waals surface area contributed by atoms with Crippen LogP contribution < -0.4 is 5.32 Å².